The molecule has 0 aliphatic rings. The molecule has 0 spiro atoms. The zero-order valence-electron chi connectivity index (χ0n) is 5.92. The van der Waals surface area contributed by atoms with Crippen LogP contribution in [-0.4, -0.2) is 7.05 Å². The third-order valence-electron chi connectivity index (χ3n) is 0.945. The lowest BCUT2D eigenvalue weighted by Gasteiger charge is -1.98. The van der Waals surface area contributed by atoms with Gasteiger partial charge in [-0.3, -0.25) is 0 Å². The molecule has 1 aromatic heterocycles. The van der Waals surface area contributed by atoms with Crippen LogP contribution in [0.5, 0.6) is 5.95 Å². The summed E-state index contributed by atoms with van der Waals surface area (Å²) in [6.45, 7) is 0. The Balaban J connectivity index is 2.53. The van der Waals surface area contributed by atoms with Crippen LogP contribution in [0.25, 0.3) is 0 Å². The minimum atomic E-state index is 0.220. The van der Waals surface area contributed by atoms with E-state index in [1.807, 2.05) is 6.07 Å². The molecule has 58 valence electrons. The molecule has 0 radical (unpaired) electrons. The SMILES string of the molecule is CNNOc1ccc(C#N)o1. The predicted octanol–water partition coefficient (Wildman–Crippen LogP) is 0.169. The van der Waals surface area contributed by atoms with Crippen molar-refractivity contribution >= 4 is 0 Å². The van der Waals surface area contributed by atoms with E-state index in [2.05, 4.69) is 11.0 Å². The monoisotopic (exact) mass is 153 g/mol. The number of nitriles is 1. The number of rotatable bonds is 3. The van der Waals surface area contributed by atoms with E-state index in [1.54, 1.807) is 13.1 Å². The van der Waals surface area contributed by atoms with Crippen molar-refractivity contribution in [1.29, 1.82) is 5.26 Å². The average molecular weight is 153 g/mol. The largest absolute Gasteiger partial charge is 0.414 e. The number of furan rings is 1. The van der Waals surface area contributed by atoms with Gasteiger partial charge >= 0.3 is 5.95 Å². The van der Waals surface area contributed by atoms with E-state index >= 15 is 0 Å². The predicted molar refractivity (Wildman–Crippen MR) is 36.2 cm³/mol. The van der Waals surface area contributed by atoms with Crippen LogP contribution in [0.2, 0.25) is 0 Å². The summed E-state index contributed by atoms with van der Waals surface area (Å²) in [6, 6.07) is 4.89. The van der Waals surface area contributed by atoms with Crippen LogP contribution in [0, 0.1) is 11.3 Å². The summed E-state index contributed by atoms with van der Waals surface area (Å²) in [5, 5.41) is 8.34. The van der Waals surface area contributed by atoms with Crippen molar-refractivity contribution in [2.45, 2.75) is 0 Å². The highest BCUT2D eigenvalue weighted by Crippen LogP contribution is 2.13. The standard InChI is InChI=1S/C6H7N3O2/c1-8-9-11-6-3-2-5(4-7)10-6/h2-3,8-9H,1H3. The topological polar surface area (TPSA) is 70.2 Å². The molecule has 0 fully saturated rings. The lowest BCUT2D eigenvalue weighted by atomic mass is 10.5. The van der Waals surface area contributed by atoms with Gasteiger partial charge in [-0.2, -0.15) is 5.26 Å². The second-order valence-corrected chi connectivity index (χ2v) is 1.68. The highest BCUT2D eigenvalue weighted by atomic mass is 16.7. The van der Waals surface area contributed by atoms with Crippen LogP contribution < -0.4 is 15.9 Å². The Hall–Kier alpha value is -1.51. The Morgan fingerprint density at radius 1 is 1.64 bits per heavy atom. The second-order valence-electron chi connectivity index (χ2n) is 1.68. The van der Waals surface area contributed by atoms with Gasteiger partial charge in [0.25, 0.3) is 0 Å². The first-order valence-corrected chi connectivity index (χ1v) is 2.95. The zero-order chi connectivity index (χ0) is 8.10. The number of nitrogens with one attached hydrogen (secondary N) is 2. The summed E-state index contributed by atoms with van der Waals surface area (Å²) in [7, 11) is 1.65. The minimum Gasteiger partial charge on any atom is -0.414 e. The van der Waals surface area contributed by atoms with Gasteiger partial charge in [0.15, 0.2) is 0 Å². The fraction of sp³-hybridized carbons (Fsp3) is 0.167. The molecule has 0 amide bonds. The summed E-state index contributed by atoms with van der Waals surface area (Å²) in [5.41, 5.74) is 4.88. The molecule has 0 saturated heterocycles. The molecule has 0 atom stereocenters. The van der Waals surface area contributed by atoms with Crippen LogP contribution in [0.4, 0.5) is 0 Å². The highest BCUT2D eigenvalue weighted by Gasteiger charge is 1.99. The van der Waals surface area contributed by atoms with Gasteiger partial charge in [0.1, 0.15) is 6.07 Å². The van der Waals surface area contributed by atoms with Gasteiger partial charge < -0.3 is 9.25 Å². The van der Waals surface area contributed by atoms with E-state index in [1.165, 1.54) is 6.07 Å². The molecule has 0 bridgehead atoms. The molecule has 0 aliphatic carbocycles. The van der Waals surface area contributed by atoms with Crippen LogP contribution in [0.3, 0.4) is 0 Å². The molecule has 0 aromatic carbocycles. The third kappa shape index (κ3) is 1.97. The Labute approximate surface area is 63.5 Å². The van der Waals surface area contributed by atoms with Gasteiger partial charge in [-0.15, -0.1) is 0 Å². The minimum absolute atomic E-state index is 0.220. The third-order valence-corrected chi connectivity index (χ3v) is 0.945. The first-order valence-electron chi connectivity index (χ1n) is 2.95. The maximum absolute atomic E-state index is 8.34. The molecule has 1 heterocycles. The Morgan fingerprint density at radius 3 is 3.00 bits per heavy atom. The quantitative estimate of drug-likeness (QED) is 0.605. The first kappa shape index (κ1) is 7.60. The summed E-state index contributed by atoms with van der Waals surface area (Å²) < 4.78 is 4.85. The van der Waals surface area contributed by atoms with Crippen molar-refractivity contribution in [3.8, 4) is 12.0 Å². The molecule has 2 N–H and O–H groups in total. The van der Waals surface area contributed by atoms with Gasteiger partial charge in [0.2, 0.25) is 5.76 Å². The van der Waals surface area contributed by atoms with Crippen molar-refractivity contribution in [3.05, 3.63) is 17.9 Å². The highest BCUT2D eigenvalue weighted by molar-refractivity contribution is 5.21. The zero-order valence-corrected chi connectivity index (χ0v) is 5.92. The molecule has 1 aromatic rings. The van der Waals surface area contributed by atoms with Crippen molar-refractivity contribution in [2.75, 3.05) is 7.05 Å². The summed E-state index contributed by atoms with van der Waals surface area (Å²) >= 11 is 0. The Kier molecular flexibility index (Phi) is 2.49. The fourth-order valence-corrected chi connectivity index (χ4v) is 0.536. The van der Waals surface area contributed by atoms with Crippen molar-refractivity contribution in [2.24, 2.45) is 0 Å². The lowest BCUT2D eigenvalue weighted by molar-refractivity contribution is 0.118. The molecule has 11 heavy (non-hydrogen) atoms. The normalized spacial score (nSPS) is 9.09. The van der Waals surface area contributed by atoms with E-state index in [0.717, 1.165) is 0 Å². The lowest BCUT2D eigenvalue weighted by Crippen LogP contribution is -2.30. The van der Waals surface area contributed by atoms with Gasteiger partial charge in [-0.05, 0) is 6.07 Å². The maximum Gasteiger partial charge on any atom is 0.307 e. The molecular weight excluding hydrogens is 146 g/mol. The Morgan fingerprint density at radius 2 is 2.45 bits per heavy atom. The van der Waals surface area contributed by atoms with Gasteiger partial charge in [-0.1, -0.05) is 5.59 Å². The van der Waals surface area contributed by atoms with Crippen molar-refractivity contribution in [3.63, 3.8) is 0 Å². The van der Waals surface area contributed by atoms with Gasteiger partial charge in [0, 0.05) is 13.1 Å². The first-order chi connectivity index (χ1) is 5.36. The summed E-state index contributed by atoms with van der Waals surface area (Å²) in [5.74, 6) is 0.466. The number of hydrogen-bond donors (Lipinski definition) is 2. The van der Waals surface area contributed by atoms with Gasteiger partial charge in [0.05, 0.1) is 0 Å². The summed E-state index contributed by atoms with van der Waals surface area (Å²) in [6.07, 6.45) is 0. The molecule has 5 heteroatoms. The summed E-state index contributed by atoms with van der Waals surface area (Å²) in [4.78, 5) is 4.76. The molecule has 5 nitrogen and oxygen atoms in total. The van der Waals surface area contributed by atoms with Crippen LogP contribution in [0.1, 0.15) is 5.76 Å². The van der Waals surface area contributed by atoms with Crippen LogP contribution in [-0.2, 0) is 0 Å². The van der Waals surface area contributed by atoms with E-state index < -0.39 is 0 Å². The number of hydrogen-bond acceptors (Lipinski definition) is 5. The maximum atomic E-state index is 8.34. The molecule has 0 unspecified atom stereocenters. The van der Waals surface area contributed by atoms with Crippen molar-refractivity contribution < 1.29 is 9.25 Å². The van der Waals surface area contributed by atoms with E-state index in [-0.39, 0.29) is 11.7 Å². The molecule has 0 aliphatic heterocycles. The van der Waals surface area contributed by atoms with E-state index in [4.69, 9.17) is 14.5 Å². The molecular formula is C6H7N3O2. The van der Waals surface area contributed by atoms with E-state index in [9.17, 15) is 0 Å². The second kappa shape index (κ2) is 3.61. The molecule has 1 rings (SSSR count). The number of nitrogens with zero attached hydrogens (tertiary/aromatic N) is 1. The number of hydrazine groups is 1. The van der Waals surface area contributed by atoms with Crippen LogP contribution >= 0.6 is 0 Å². The smallest absolute Gasteiger partial charge is 0.307 e. The Bertz CT molecular complexity index is 263. The fourth-order valence-electron chi connectivity index (χ4n) is 0.536. The average Bonchev–Trinajstić information content (AvgIpc) is 2.48. The molecule has 0 saturated carbocycles. The van der Waals surface area contributed by atoms with Gasteiger partial charge in [-0.25, -0.2) is 5.43 Å². The van der Waals surface area contributed by atoms with Crippen molar-refractivity contribution in [1.82, 2.24) is 11.0 Å². The van der Waals surface area contributed by atoms with E-state index in [0.29, 0.717) is 0 Å². The van der Waals surface area contributed by atoms with Crippen LogP contribution in [0.15, 0.2) is 16.5 Å².